The summed E-state index contributed by atoms with van der Waals surface area (Å²) in [5.74, 6) is -1.22. The molecule has 2 N–H and O–H groups in total. The van der Waals surface area contributed by atoms with Crippen LogP contribution in [0.2, 0.25) is 0 Å². The topological polar surface area (TPSA) is 62.2 Å². The molecule has 0 fully saturated rings. The molecule has 2 aromatic rings. The van der Waals surface area contributed by atoms with E-state index in [1.807, 2.05) is 22.6 Å². The third-order valence-corrected chi connectivity index (χ3v) is 4.50. The predicted octanol–water partition coefficient (Wildman–Crippen LogP) is 3.99. The minimum absolute atomic E-state index is 0.299. The fourth-order valence-electron chi connectivity index (χ4n) is 1.43. The fourth-order valence-corrected chi connectivity index (χ4v) is 2.94. The van der Waals surface area contributed by atoms with Crippen molar-refractivity contribution in [3.8, 4) is 0 Å². The number of hydrogen-bond acceptors (Lipinski definition) is 4. The Bertz CT molecular complexity index is 658. The van der Waals surface area contributed by atoms with Gasteiger partial charge in [0, 0.05) is 8.95 Å². The molecule has 0 saturated heterocycles. The maximum atomic E-state index is 13.0. The van der Waals surface area contributed by atoms with Crippen molar-refractivity contribution in [1.82, 2.24) is 4.98 Å². The van der Waals surface area contributed by atoms with Crippen LogP contribution in [0.25, 0.3) is 0 Å². The van der Waals surface area contributed by atoms with E-state index in [4.69, 9.17) is 5.11 Å². The highest BCUT2D eigenvalue weighted by Gasteiger charge is 2.32. The third kappa shape index (κ3) is 3.09. The summed E-state index contributed by atoms with van der Waals surface area (Å²) >= 11 is 3.35. The number of hydrogen-bond donors (Lipinski definition) is 2. The van der Waals surface area contributed by atoms with Gasteiger partial charge in [-0.15, -0.1) is 11.3 Å². The number of halogens is 2. The van der Waals surface area contributed by atoms with Gasteiger partial charge in [0.05, 0.1) is 11.4 Å². The minimum atomic E-state index is -1.04. The first kappa shape index (κ1) is 15.2. The zero-order chi connectivity index (χ0) is 14.9. The number of benzene rings is 1. The quantitative estimate of drug-likeness (QED) is 0.754. The lowest BCUT2D eigenvalue weighted by Crippen LogP contribution is -2.28. The lowest BCUT2D eigenvalue weighted by molar-refractivity contribution is -0.142. The van der Waals surface area contributed by atoms with E-state index in [0.717, 1.165) is 9.26 Å². The Labute approximate surface area is 133 Å². The Morgan fingerprint density at radius 3 is 2.80 bits per heavy atom. The molecule has 1 aromatic heterocycles. The van der Waals surface area contributed by atoms with E-state index in [1.165, 1.54) is 23.5 Å². The van der Waals surface area contributed by atoms with Crippen LogP contribution in [0.15, 0.2) is 23.6 Å². The molecule has 0 amide bonds. The van der Waals surface area contributed by atoms with Crippen LogP contribution >= 0.6 is 33.9 Å². The van der Waals surface area contributed by atoms with Crippen molar-refractivity contribution in [2.24, 2.45) is 0 Å². The second-order valence-corrected chi connectivity index (χ2v) is 6.74. The van der Waals surface area contributed by atoms with E-state index >= 15 is 0 Å². The van der Waals surface area contributed by atoms with Crippen LogP contribution in [-0.2, 0) is 10.2 Å². The molecule has 2 rings (SSSR count). The van der Waals surface area contributed by atoms with Gasteiger partial charge in [-0.3, -0.25) is 4.79 Å². The molecule has 1 heterocycles. The zero-order valence-electron chi connectivity index (χ0n) is 10.8. The minimum Gasteiger partial charge on any atom is -0.481 e. The number of aromatic nitrogens is 1. The van der Waals surface area contributed by atoms with Gasteiger partial charge in [0.2, 0.25) is 0 Å². The van der Waals surface area contributed by atoms with Crippen LogP contribution in [0.5, 0.6) is 0 Å². The summed E-state index contributed by atoms with van der Waals surface area (Å²) < 4.78 is 13.8. The largest absolute Gasteiger partial charge is 0.481 e. The van der Waals surface area contributed by atoms with Crippen molar-refractivity contribution in [1.29, 1.82) is 0 Å². The van der Waals surface area contributed by atoms with Gasteiger partial charge in [-0.1, -0.05) is 0 Å². The number of carbonyl (C=O) groups is 1. The highest BCUT2D eigenvalue weighted by molar-refractivity contribution is 14.1. The van der Waals surface area contributed by atoms with Crippen molar-refractivity contribution in [3.05, 3.63) is 38.7 Å². The van der Waals surface area contributed by atoms with Crippen molar-refractivity contribution >= 4 is 50.7 Å². The summed E-state index contributed by atoms with van der Waals surface area (Å²) in [4.78, 5) is 15.5. The average Bonchev–Trinajstić information content (AvgIpc) is 2.81. The molecule has 1 aromatic carbocycles. The first-order chi connectivity index (χ1) is 9.30. The number of thiazole rings is 1. The van der Waals surface area contributed by atoms with Gasteiger partial charge in [-0.2, -0.15) is 0 Å². The van der Waals surface area contributed by atoms with Crippen molar-refractivity contribution in [2.75, 3.05) is 5.32 Å². The average molecular weight is 406 g/mol. The summed E-state index contributed by atoms with van der Waals surface area (Å²) in [7, 11) is 0. The van der Waals surface area contributed by atoms with Crippen molar-refractivity contribution in [2.45, 2.75) is 19.3 Å². The molecule has 0 bridgehead atoms. The molecule has 0 saturated carbocycles. The highest BCUT2D eigenvalue weighted by Crippen LogP contribution is 2.30. The zero-order valence-corrected chi connectivity index (χ0v) is 13.8. The molecule has 0 unspecified atom stereocenters. The monoisotopic (exact) mass is 406 g/mol. The van der Waals surface area contributed by atoms with Crippen LogP contribution in [0.3, 0.4) is 0 Å². The number of nitrogens with one attached hydrogen (secondary N) is 1. The van der Waals surface area contributed by atoms with Gasteiger partial charge in [0.25, 0.3) is 0 Å². The molecule has 0 atom stereocenters. The summed E-state index contributed by atoms with van der Waals surface area (Å²) in [5, 5.41) is 14.5. The lowest BCUT2D eigenvalue weighted by Gasteiger charge is -2.15. The van der Waals surface area contributed by atoms with E-state index in [-0.39, 0.29) is 5.82 Å². The number of rotatable bonds is 4. The molecule has 7 heteroatoms. The molecular formula is C13H12FIN2O2S. The molecule has 20 heavy (non-hydrogen) atoms. The molecule has 0 spiro atoms. The number of carboxylic acids is 1. The van der Waals surface area contributed by atoms with E-state index < -0.39 is 11.4 Å². The smallest absolute Gasteiger partial charge is 0.315 e. The van der Waals surface area contributed by atoms with Gasteiger partial charge in [0.15, 0.2) is 5.13 Å². The molecule has 0 aliphatic rings. The second kappa shape index (κ2) is 5.65. The fraction of sp³-hybridized carbons (Fsp3) is 0.231. The Kier molecular flexibility index (Phi) is 4.28. The molecule has 0 radical (unpaired) electrons. The normalized spacial score (nSPS) is 11.4. The third-order valence-electron chi connectivity index (χ3n) is 2.85. The van der Waals surface area contributed by atoms with E-state index in [0.29, 0.717) is 10.8 Å². The van der Waals surface area contributed by atoms with Gasteiger partial charge in [-0.05, 0) is 54.6 Å². The Morgan fingerprint density at radius 1 is 1.50 bits per heavy atom. The maximum Gasteiger partial charge on any atom is 0.315 e. The first-order valence-corrected chi connectivity index (χ1v) is 7.68. The molecule has 4 nitrogen and oxygen atoms in total. The maximum absolute atomic E-state index is 13.0. The van der Waals surface area contributed by atoms with Gasteiger partial charge in [0.1, 0.15) is 11.2 Å². The molecular weight excluding hydrogens is 394 g/mol. The molecule has 0 aliphatic heterocycles. The Balaban J connectivity index is 2.24. The van der Waals surface area contributed by atoms with Crippen LogP contribution in [0.4, 0.5) is 15.2 Å². The molecule has 0 aliphatic carbocycles. The van der Waals surface area contributed by atoms with Gasteiger partial charge in [-0.25, -0.2) is 9.37 Å². The van der Waals surface area contributed by atoms with Crippen molar-refractivity contribution < 1.29 is 14.3 Å². The highest BCUT2D eigenvalue weighted by atomic mass is 127. The number of carboxylic acid groups (broad SMARTS) is 1. The number of nitrogens with zero attached hydrogens (tertiary/aromatic N) is 1. The standard InChI is InChI=1S/C13H12FIN2O2S/c1-13(2,11(18)19)10-6-20-12(17-10)16-9-4-3-7(14)5-8(9)15/h3-6H,1-2H3,(H,16,17)(H,18,19). The number of aliphatic carboxylic acids is 1. The summed E-state index contributed by atoms with van der Waals surface area (Å²) in [6.45, 7) is 3.21. The van der Waals surface area contributed by atoms with E-state index in [2.05, 4.69) is 10.3 Å². The van der Waals surface area contributed by atoms with Gasteiger partial charge >= 0.3 is 5.97 Å². The Morgan fingerprint density at radius 2 is 2.20 bits per heavy atom. The SMILES string of the molecule is CC(C)(C(=O)O)c1csc(Nc2ccc(F)cc2I)n1. The van der Waals surface area contributed by atoms with Crippen LogP contribution < -0.4 is 5.32 Å². The predicted molar refractivity (Wildman–Crippen MR) is 85.2 cm³/mol. The second-order valence-electron chi connectivity index (χ2n) is 4.72. The van der Waals surface area contributed by atoms with Crippen LogP contribution in [0, 0.1) is 9.39 Å². The Hall–Kier alpha value is -1.22. The van der Waals surface area contributed by atoms with Crippen LogP contribution in [0.1, 0.15) is 19.5 Å². The van der Waals surface area contributed by atoms with E-state index in [1.54, 1.807) is 25.3 Å². The summed E-state index contributed by atoms with van der Waals surface area (Å²) in [6.07, 6.45) is 0. The molecule has 106 valence electrons. The van der Waals surface area contributed by atoms with E-state index in [9.17, 15) is 9.18 Å². The first-order valence-electron chi connectivity index (χ1n) is 5.72. The van der Waals surface area contributed by atoms with Gasteiger partial charge < -0.3 is 10.4 Å². The number of anilines is 2. The summed E-state index contributed by atoms with van der Waals surface area (Å²) in [6, 6.07) is 4.40. The van der Waals surface area contributed by atoms with Crippen LogP contribution in [-0.4, -0.2) is 16.1 Å². The summed E-state index contributed by atoms with van der Waals surface area (Å²) in [5.41, 5.74) is 0.197. The lowest BCUT2D eigenvalue weighted by atomic mass is 9.90. The van der Waals surface area contributed by atoms with Crippen molar-refractivity contribution in [3.63, 3.8) is 0 Å².